The van der Waals surface area contributed by atoms with Crippen LogP contribution in [-0.4, -0.2) is 43.9 Å². The molecule has 0 amide bonds. The van der Waals surface area contributed by atoms with Gasteiger partial charge < -0.3 is 9.84 Å². The number of sulfonamides is 1. The number of carbonyl (C=O) groups is 2. The third-order valence-electron chi connectivity index (χ3n) is 1.47. The largest absolute Gasteiger partial charge is 0.481 e. The van der Waals surface area contributed by atoms with Crippen LogP contribution in [0.15, 0.2) is 0 Å². The molecule has 94 valence electrons. The number of carboxylic acids is 1. The minimum absolute atomic E-state index is 0.0963. The first kappa shape index (κ1) is 14.8. The van der Waals surface area contributed by atoms with E-state index in [-0.39, 0.29) is 13.0 Å². The molecule has 2 N–H and O–H groups in total. The third-order valence-corrected chi connectivity index (χ3v) is 2.85. The number of rotatable bonds is 7. The first-order chi connectivity index (χ1) is 7.26. The number of aliphatic carboxylic acids is 1. The Balaban J connectivity index is 4.24. The number of nitrogens with one attached hydrogen (secondary N) is 1. The maximum Gasteiger partial charge on any atom is 0.322 e. The van der Waals surface area contributed by atoms with Crippen molar-refractivity contribution in [3.05, 3.63) is 0 Å². The smallest absolute Gasteiger partial charge is 0.322 e. The van der Waals surface area contributed by atoms with Gasteiger partial charge in [-0.1, -0.05) is 0 Å². The number of ether oxygens (including phenoxy) is 1. The van der Waals surface area contributed by atoms with Gasteiger partial charge in [0.2, 0.25) is 10.0 Å². The lowest BCUT2D eigenvalue weighted by Gasteiger charge is -2.11. The SMILES string of the molecule is CCOC(=O)CS(=O)(=O)NC(C)CC(=O)O. The molecule has 0 rings (SSSR count). The van der Waals surface area contributed by atoms with Crippen LogP contribution in [0.5, 0.6) is 0 Å². The molecule has 0 fully saturated rings. The van der Waals surface area contributed by atoms with E-state index in [9.17, 15) is 18.0 Å². The van der Waals surface area contributed by atoms with Crippen molar-refractivity contribution >= 4 is 22.0 Å². The minimum atomic E-state index is -3.84. The van der Waals surface area contributed by atoms with Crippen molar-refractivity contribution in [3.8, 4) is 0 Å². The lowest BCUT2D eigenvalue weighted by atomic mass is 10.3. The molecule has 0 radical (unpaired) electrons. The molecule has 1 atom stereocenters. The number of hydrogen-bond donors (Lipinski definition) is 2. The Morgan fingerprint density at radius 1 is 1.44 bits per heavy atom. The van der Waals surface area contributed by atoms with Gasteiger partial charge in [0.25, 0.3) is 0 Å². The fourth-order valence-electron chi connectivity index (χ4n) is 1.01. The Morgan fingerprint density at radius 3 is 2.44 bits per heavy atom. The number of hydrogen-bond acceptors (Lipinski definition) is 5. The summed E-state index contributed by atoms with van der Waals surface area (Å²) in [6, 6.07) is -0.767. The zero-order valence-corrected chi connectivity index (χ0v) is 9.91. The van der Waals surface area contributed by atoms with Crippen LogP contribution in [-0.2, 0) is 24.3 Å². The van der Waals surface area contributed by atoms with E-state index >= 15 is 0 Å². The maximum absolute atomic E-state index is 11.3. The van der Waals surface area contributed by atoms with Gasteiger partial charge in [0.05, 0.1) is 13.0 Å². The maximum atomic E-state index is 11.3. The number of carboxylic acid groups (broad SMARTS) is 1. The van der Waals surface area contributed by atoms with E-state index in [1.165, 1.54) is 6.92 Å². The Hall–Kier alpha value is -1.15. The summed E-state index contributed by atoms with van der Waals surface area (Å²) in [7, 11) is -3.84. The zero-order chi connectivity index (χ0) is 12.8. The van der Waals surface area contributed by atoms with Crippen LogP contribution >= 0.6 is 0 Å². The molecule has 0 saturated carbocycles. The van der Waals surface area contributed by atoms with Crippen LogP contribution in [0.2, 0.25) is 0 Å². The van der Waals surface area contributed by atoms with Gasteiger partial charge in [0, 0.05) is 6.04 Å². The Labute approximate surface area is 93.8 Å². The van der Waals surface area contributed by atoms with E-state index in [1.54, 1.807) is 6.92 Å². The van der Waals surface area contributed by atoms with E-state index in [1.807, 2.05) is 0 Å². The summed E-state index contributed by atoms with van der Waals surface area (Å²) in [4.78, 5) is 21.2. The molecule has 0 aliphatic carbocycles. The summed E-state index contributed by atoms with van der Waals surface area (Å²) < 4.78 is 29.1. The number of esters is 1. The van der Waals surface area contributed by atoms with Crippen LogP contribution in [0.3, 0.4) is 0 Å². The van der Waals surface area contributed by atoms with Gasteiger partial charge >= 0.3 is 11.9 Å². The van der Waals surface area contributed by atoms with Gasteiger partial charge in [0.1, 0.15) is 0 Å². The molecule has 7 nitrogen and oxygen atoms in total. The van der Waals surface area contributed by atoms with Gasteiger partial charge in [-0.05, 0) is 13.8 Å². The van der Waals surface area contributed by atoms with Gasteiger partial charge in [-0.25, -0.2) is 13.1 Å². The first-order valence-corrected chi connectivity index (χ1v) is 6.29. The van der Waals surface area contributed by atoms with Crippen LogP contribution in [0.25, 0.3) is 0 Å². The van der Waals surface area contributed by atoms with E-state index in [0.717, 1.165) is 0 Å². The third kappa shape index (κ3) is 7.18. The first-order valence-electron chi connectivity index (χ1n) is 4.64. The van der Waals surface area contributed by atoms with Crippen molar-refractivity contribution in [1.29, 1.82) is 0 Å². The summed E-state index contributed by atoms with van der Waals surface area (Å²) in [6.07, 6.45) is -0.345. The molecule has 0 aromatic carbocycles. The van der Waals surface area contributed by atoms with Crippen LogP contribution in [0, 0.1) is 0 Å². The van der Waals surface area contributed by atoms with E-state index in [0.29, 0.717) is 0 Å². The Bertz CT molecular complexity index is 350. The molecular formula is C8H15NO6S. The monoisotopic (exact) mass is 253 g/mol. The van der Waals surface area contributed by atoms with Crippen molar-refractivity contribution in [1.82, 2.24) is 4.72 Å². The lowest BCUT2D eigenvalue weighted by molar-refractivity contribution is -0.140. The lowest BCUT2D eigenvalue weighted by Crippen LogP contribution is -2.38. The highest BCUT2D eigenvalue weighted by molar-refractivity contribution is 7.90. The second-order valence-electron chi connectivity index (χ2n) is 3.18. The van der Waals surface area contributed by atoms with Gasteiger partial charge in [-0.2, -0.15) is 0 Å². The molecule has 0 aromatic rings. The molecule has 0 aliphatic heterocycles. The number of carbonyl (C=O) groups excluding carboxylic acids is 1. The molecule has 16 heavy (non-hydrogen) atoms. The van der Waals surface area contributed by atoms with E-state index in [4.69, 9.17) is 5.11 Å². The van der Waals surface area contributed by atoms with Gasteiger partial charge in [0.15, 0.2) is 5.75 Å². The second kappa shape index (κ2) is 6.44. The molecule has 0 saturated heterocycles. The van der Waals surface area contributed by atoms with Crippen LogP contribution in [0.1, 0.15) is 20.3 Å². The second-order valence-corrected chi connectivity index (χ2v) is 4.93. The van der Waals surface area contributed by atoms with Crippen molar-refractivity contribution in [3.63, 3.8) is 0 Å². The van der Waals surface area contributed by atoms with E-state index in [2.05, 4.69) is 9.46 Å². The standard InChI is InChI=1S/C8H15NO6S/c1-3-15-8(12)5-16(13,14)9-6(2)4-7(10)11/h6,9H,3-5H2,1-2H3,(H,10,11). The molecular weight excluding hydrogens is 238 g/mol. The van der Waals surface area contributed by atoms with Crippen molar-refractivity contribution in [2.75, 3.05) is 12.4 Å². The summed E-state index contributed by atoms with van der Waals surface area (Å²) in [5.41, 5.74) is 0. The summed E-state index contributed by atoms with van der Waals surface area (Å²) >= 11 is 0. The Morgan fingerprint density at radius 2 is 2.00 bits per heavy atom. The molecule has 0 spiro atoms. The summed E-state index contributed by atoms with van der Waals surface area (Å²) in [5, 5.41) is 8.42. The van der Waals surface area contributed by atoms with Gasteiger partial charge in [-0.15, -0.1) is 0 Å². The Kier molecular flexibility index (Phi) is 5.97. The fraction of sp³-hybridized carbons (Fsp3) is 0.750. The highest BCUT2D eigenvalue weighted by atomic mass is 32.2. The predicted molar refractivity (Wildman–Crippen MR) is 55.3 cm³/mol. The molecule has 0 heterocycles. The molecule has 0 aliphatic rings. The van der Waals surface area contributed by atoms with Gasteiger partial charge in [-0.3, -0.25) is 9.59 Å². The average Bonchev–Trinajstić information content (AvgIpc) is 1.98. The minimum Gasteiger partial charge on any atom is -0.481 e. The molecule has 0 aromatic heterocycles. The van der Waals surface area contributed by atoms with Crippen molar-refractivity contribution in [2.45, 2.75) is 26.3 Å². The quantitative estimate of drug-likeness (QED) is 0.582. The topological polar surface area (TPSA) is 110 Å². The summed E-state index contributed by atoms with van der Waals surface area (Å²) in [6.45, 7) is 3.06. The molecule has 8 heteroatoms. The molecule has 1 unspecified atom stereocenters. The summed E-state index contributed by atoms with van der Waals surface area (Å²) in [5.74, 6) is -2.78. The molecule has 0 bridgehead atoms. The van der Waals surface area contributed by atoms with Crippen molar-refractivity contribution < 1.29 is 27.9 Å². The zero-order valence-electron chi connectivity index (χ0n) is 9.10. The normalized spacial score (nSPS) is 13.1. The van der Waals surface area contributed by atoms with E-state index < -0.39 is 33.8 Å². The fourth-order valence-corrected chi connectivity index (χ4v) is 2.18. The average molecular weight is 253 g/mol. The highest BCUT2D eigenvalue weighted by Gasteiger charge is 2.20. The van der Waals surface area contributed by atoms with Crippen LogP contribution < -0.4 is 4.72 Å². The predicted octanol–water partition coefficient (Wildman–Crippen LogP) is -0.668. The van der Waals surface area contributed by atoms with Crippen molar-refractivity contribution in [2.24, 2.45) is 0 Å². The van der Waals surface area contributed by atoms with Crippen LogP contribution in [0.4, 0.5) is 0 Å². The highest BCUT2D eigenvalue weighted by Crippen LogP contribution is 1.96.